The minimum Gasteiger partial charge on any atom is -0.454 e. The van der Waals surface area contributed by atoms with Crippen molar-refractivity contribution in [2.24, 2.45) is 11.3 Å². The van der Waals surface area contributed by atoms with Crippen molar-refractivity contribution in [2.75, 3.05) is 6.79 Å². The predicted octanol–water partition coefficient (Wildman–Crippen LogP) is 3.18. The van der Waals surface area contributed by atoms with Crippen molar-refractivity contribution in [3.05, 3.63) is 23.3 Å². The topological polar surface area (TPSA) is 18.5 Å². The fourth-order valence-electron chi connectivity index (χ4n) is 2.62. The number of rotatable bonds is 0. The zero-order chi connectivity index (χ0) is 11.3. The highest BCUT2D eigenvalue weighted by molar-refractivity contribution is 5.50. The molecule has 0 radical (unpaired) electrons. The van der Waals surface area contributed by atoms with Gasteiger partial charge in [0.15, 0.2) is 11.5 Å². The molecule has 1 aromatic rings. The van der Waals surface area contributed by atoms with Crippen molar-refractivity contribution >= 4 is 0 Å². The number of fused-ring (bicyclic) bond motifs is 2. The van der Waals surface area contributed by atoms with Gasteiger partial charge in [0.2, 0.25) is 6.79 Å². The zero-order valence-electron chi connectivity index (χ0n) is 10.2. The van der Waals surface area contributed by atoms with E-state index < -0.39 is 0 Å². The Bertz CT molecular complexity index is 396. The minimum absolute atomic E-state index is 0.376. The molecule has 0 atom stereocenters. The van der Waals surface area contributed by atoms with Gasteiger partial charge in [-0.15, -0.1) is 0 Å². The average Bonchev–Trinajstić information content (AvgIpc) is 2.75. The molecule has 1 aromatic carbocycles. The van der Waals surface area contributed by atoms with Crippen LogP contribution in [0.25, 0.3) is 0 Å². The van der Waals surface area contributed by atoms with Gasteiger partial charge in [-0.05, 0) is 47.4 Å². The summed E-state index contributed by atoms with van der Waals surface area (Å²) in [6.07, 6.45) is 2.35. The maximum atomic E-state index is 5.42. The summed E-state index contributed by atoms with van der Waals surface area (Å²) in [5.74, 6) is 2.59. The van der Waals surface area contributed by atoms with Gasteiger partial charge >= 0.3 is 0 Å². The molecule has 2 aliphatic rings. The molecule has 1 aliphatic carbocycles. The molecule has 0 unspecified atom stereocenters. The lowest BCUT2D eigenvalue weighted by Crippen LogP contribution is -2.20. The summed E-state index contributed by atoms with van der Waals surface area (Å²) >= 11 is 0. The lowest BCUT2D eigenvalue weighted by molar-refractivity contribution is 0.173. The van der Waals surface area contributed by atoms with Gasteiger partial charge in [0, 0.05) is 0 Å². The molecule has 0 fully saturated rings. The number of hydrogen-bond acceptors (Lipinski definition) is 2. The lowest BCUT2D eigenvalue weighted by atomic mass is 9.79. The fraction of sp³-hybridized carbons (Fsp3) is 0.571. The van der Waals surface area contributed by atoms with Gasteiger partial charge in [-0.2, -0.15) is 0 Å². The Labute approximate surface area is 96.6 Å². The summed E-state index contributed by atoms with van der Waals surface area (Å²) in [6.45, 7) is 7.35. The van der Waals surface area contributed by atoms with E-state index in [1.807, 2.05) is 0 Å². The molecule has 0 aromatic heterocycles. The van der Waals surface area contributed by atoms with E-state index in [2.05, 4.69) is 32.9 Å². The molecule has 2 heteroatoms. The zero-order valence-corrected chi connectivity index (χ0v) is 10.2. The molecule has 2 nitrogen and oxygen atoms in total. The molecule has 0 saturated heterocycles. The largest absolute Gasteiger partial charge is 0.454 e. The maximum absolute atomic E-state index is 5.42. The van der Waals surface area contributed by atoms with E-state index in [-0.39, 0.29) is 0 Å². The fourth-order valence-corrected chi connectivity index (χ4v) is 2.62. The van der Waals surface area contributed by atoms with Crippen LogP contribution in [0.2, 0.25) is 0 Å². The molecule has 0 spiro atoms. The van der Waals surface area contributed by atoms with Crippen LogP contribution in [-0.4, -0.2) is 6.79 Å². The molecule has 0 N–H and O–H groups in total. The molecule has 1 heterocycles. The van der Waals surface area contributed by atoms with Gasteiger partial charge in [-0.3, -0.25) is 0 Å². The Kier molecular flexibility index (Phi) is 1.97. The van der Waals surface area contributed by atoms with E-state index in [1.54, 1.807) is 0 Å². The smallest absolute Gasteiger partial charge is 0.231 e. The van der Waals surface area contributed by atoms with Crippen LogP contribution in [-0.2, 0) is 12.8 Å². The van der Waals surface area contributed by atoms with Crippen molar-refractivity contribution in [3.8, 4) is 11.5 Å². The van der Waals surface area contributed by atoms with E-state index in [0.29, 0.717) is 12.2 Å². The standard InChI is InChI=1S/C14H18O2/c1-14(2,3)11-4-9-6-12-13(16-8-15-12)7-10(9)5-11/h6-7,11H,4-5,8H2,1-3H3. The summed E-state index contributed by atoms with van der Waals surface area (Å²) in [5, 5.41) is 0. The summed E-state index contributed by atoms with van der Waals surface area (Å²) in [4.78, 5) is 0. The van der Waals surface area contributed by atoms with Crippen molar-refractivity contribution in [2.45, 2.75) is 33.6 Å². The first-order chi connectivity index (χ1) is 7.54. The lowest BCUT2D eigenvalue weighted by Gasteiger charge is -2.26. The highest BCUT2D eigenvalue weighted by Gasteiger charge is 2.32. The van der Waals surface area contributed by atoms with Gasteiger partial charge < -0.3 is 9.47 Å². The predicted molar refractivity (Wildman–Crippen MR) is 62.9 cm³/mol. The van der Waals surface area contributed by atoms with Gasteiger partial charge in [-0.1, -0.05) is 20.8 Å². The first-order valence-electron chi connectivity index (χ1n) is 5.95. The number of benzene rings is 1. The first kappa shape index (κ1) is 10.0. The Morgan fingerprint density at radius 1 is 1.00 bits per heavy atom. The Morgan fingerprint density at radius 2 is 1.50 bits per heavy atom. The monoisotopic (exact) mass is 218 g/mol. The van der Waals surface area contributed by atoms with Gasteiger partial charge in [0.1, 0.15) is 0 Å². The van der Waals surface area contributed by atoms with Crippen LogP contribution in [0, 0.1) is 11.3 Å². The van der Waals surface area contributed by atoms with Gasteiger partial charge in [-0.25, -0.2) is 0 Å². The van der Waals surface area contributed by atoms with Crippen LogP contribution in [0.3, 0.4) is 0 Å². The van der Waals surface area contributed by atoms with E-state index in [4.69, 9.17) is 9.47 Å². The second-order valence-corrected chi connectivity index (χ2v) is 5.95. The molecule has 16 heavy (non-hydrogen) atoms. The molecule has 3 rings (SSSR count). The van der Waals surface area contributed by atoms with E-state index >= 15 is 0 Å². The average molecular weight is 218 g/mol. The van der Waals surface area contributed by atoms with Crippen LogP contribution < -0.4 is 9.47 Å². The quantitative estimate of drug-likeness (QED) is 0.666. The molecule has 0 bridgehead atoms. The second kappa shape index (κ2) is 3.16. The summed E-state index contributed by atoms with van der Waals surface area (Å²) in [6, 6.07) is 4.34. The Morgan fingerprint density at radius 3 is 1.94 bits per heavy atom. The van der Waals surface area contributed by atoms with Gasteiger partial charge in [0.25, 0.3) is 0 Å². The Balaban J connectivity index is 1.94. The molecular weight excluding hydrogens is 200 g/mol. The normalized spacial score (nSPS) is 18.9. The van der Waals surface area contributed by atoms with Crippen molar-refractivity contribution in [3.63, 3.8) is 0 Å². The van der Waals surface area contributed by atoms with Crippen molar-refractivity contribution in [1.82, 2.24) is 0 Å². The molecule has 0 amide bonds. The third-order valence-corrected chi connectivity index (χ3v) is 3.85. The van der Waals surface area contributed by atoms with Crippen LogP contribution in [0.5, 0.6) is 11.5 Å². The molecule has 1 aliphatic heterocycles. The van der Waals surface area contributed by atoms with Crippen LogP contribution in [0.1, 0.15) is 31.9 Å². The first-order valence-corrected chi connectivity index (χ1v) is 5.95. The maximum Gasteiger partial charge on any atom is 0.231 e. The Hall–Kier alpha value is -1.18. The highest BCUT2D eigenvalue weighted by atomic mass is 16.7. The molecular formula is C14H18O2. The van der Waals surface area contributed by atoms with E-state index in [0.717, 1.165) is 17.4 Å². The third kappa shape index (κ3) is 1.48. The SMILES string of the molecule is CC(C)(C)C1Cc2cc3c(cc2C1)OCO3. The molecule has 86 valence electrons. The van der Waals surface area contributed by atoms with Crippen LogP contribution in [0.4, 0.5) is 0 Å². The number of hydrogen-bond donors (Lipinski definition) is 0. The van der Waals surface area contributed by atoms with E-state index in [1.165, 1.54) is 24.0 Å². The van der Waals surface area contributed by atoms with Crippen LogP contribution >= 0.6 is 0 Å². The summed E-state index contributed by atoms with van der Waals surface area (Å²) in [7, 11) is 0. The molecule has 0 saturated carbocycles. The van der Waals surface area contributed by atoms with E-state index in [9.17, 15) is 0 Å². The minimum atomic E-state index is 0.376. The third-order valence-electron chi connectivity index (χ3n) is 3.85. The second-order valence-electron chi connectivity index (χ2n) is 5.95. The van der Waals surface area contributed by atoms with Crippen LogP contribution in [0.15, 0.2) is 12.1 Å². The summed E-state index contributed by atoms with van der Waals surface area (Å²) < 4.78 is 10.8. The van der Waals surface area contributed by atoms with Crippen molar-refractivity contribution in [1.29, 1.82) is 0 Å². The van der Waals surface area contributed by atoms with Crippen molar-refractivity contribution < 1.29 is 9.47 Å². The van der Waals surface area contributed by atoms with Gasteiger partial charge in [0.05, 0.1) is 0 Å². The number of ether oxygens (including phenoxy) is 2. The highest BCUT2D eigenvalue weighted by Crippen LogP contribution is 2.43. The summed E-state index contributed by atoms with van der Waals surface area (Å²) in [5.41, 5.74) is 3.28.